The fourth-order valence-corrected chi connectivity index (χ4v) is 3.61. The van der Waals surface area contributed by atoms with E-state index in [1.807, 2.05) is 0 Å². The first-order valence-electron chi connectivity index (χ1n) is 9.21. The van der Waals surface area contributed by atoms with Crippen molar-refractivity contribution in [2.24, 2.45) is 0 Å². The van der Waals surface area contributed by atoms with Gasteiger partial charge in [0.05, 0.1) is 16.1 Å². The fourth-order valence-electron chi connectivity index (χ4n) is 3.28. The minimum Gasteiger partial charge on any atom is -0.452 e. The van der Waals surface area contributed by atoms with Gasteiger partial charge in [-0.15, -0.1) is 0 Å². The normalized spacial score (nSPS) is 12.1. The molecule has 0 saturated heterocycles. The second-order valence-electron chi connectivity index (χ2n) is 6.81. The highest BCUT2D eigenvalue weighted by atomic mass is 35.5. The van der Waals surface area contributed by atoms with Crippen molar-refractivity contribution in [2.75, 3.05) is 11.9 Å². The predicted molar refractivity (Wildman–Crippen MR) is 110 cm³/mol. The monoisotopic (exact) mass is 455 g/mol. The van der Waals surface area contributed by atoms with Crippen molar-refractivity contribution < 1.29 is 32.7 Å². The Morgan fingerprint density at radius 1 is 0.875 bits per heavy atom. The first kappa shape index (κ1) is 21.3. The lowest BCUT2D eigenvalue weighted by Gasteiger charge is -2.19. The summed E-state index contributed by atoms with van der Waals surface area (Å²) in [5, 5.41) is 1.99. The van der Waals surface area contributed by atoms with Gasteiger partial charge in [0.15, 0.2) is 29.8 Å². The smallest absolute Gasteiger partial charge is 0.340 e. The van der Waals surface area contributed by atoms with E-state index in [0.717, 1.165) is 18.2 Å². The summed E-state index contributed by atoms with van der Waals surface area (Å²) in [6, 6.07) is 11.5. The molecule has 1 aliphatic rings. The molecule has 0 spiro atoms. The summed E-state index contributed by atoms with van der Waals surface area (Å²) in [4.78, 5) is 50.0. The third-order valence-corrected chi connectivity index (χ3v) is 5.18. The Balaban J connectivity index is 1.51. The van der Waals surface area contributed by atoms with Gasteiger partial charge in [0.1, 0.15) is 0 Å². The van der Waals surface area contributed by atoms with Crippen LogP contribution in [0, 0.1) is 11.6 Å². The summed E-state index contributed by atoms with van der Waals surface area (Å²) >= 11 is 6.27. The summed E-state index contributed by atoms with van der Waals surface area (Å²) in [6.45, 7) is -0.749. The van der Waals surface area contributed by atoms with Crippen LogP contribution in [0.2, 0.25) is 5.02 Å². The first-order valence-corrected chi connectivity index (χ1v) is 9.58. The summed E-state index contributed by atoms with van der Waals surface area (Å²) in [6.07, 6.45) is 0. The Morgan fingerprint density at radius 3 is 2.25 bits per heavy atom. The van der Waals surface area contributed by atoms with E-state index < -0.39 is 41.7 Å². The number of halogens is 3. The molecule has 0 atom stereocenters. The van der Waals surface area contributed by atoms with E-state index in [4.69, 9.17) is 16.3 Å². The molecule has 0 bridgehead atoms. The van der Waals surface area contributed by atoms with Crippen molar-refractivity contribution >= 4 is 40.7 Å². The second kappa shape index (κ2) is 8.32. The van der Waals surface area contributed by atoms with Gasteiger partial charge in [0.25, 0.3) is 5.91 Å². The molecule has 0 saturated carbocycles. The van der Waals surface area contributed by atoms with E-state index in [1.54, 1.807) is 12.1 Å². The molecule has 160 valence electrons. The SMILES string of the molecule is O=C(COC(=O)c1ccc2c(c1Cl)C(=O)c1ccccc1C2=O)Nc1ccc(F)c(F)c1. The fraction of sp³-hybridized carbons (Fsp3) is 0.0435. The Morgan fingerprint density at radius 2 is 1.56 bits per heavy atom. The molecule has 0 heterocycles. The number of nitrogens with one attached hydrogen (secondary N) is 1. The summed E-state index contributed by atoms with van der Waals surface area (Å²) in [5.41, 5.74) is 0.127. The number of benzene rings is 3. The van der Waals surface area contributed by atoms with Crippen molar-refractivity contribution in [1.82, 2.24) is 0 Å². The van der Waals surface area contributed by atoms with E-state index in [-0.39, 0.29) is 38.5 Å². The van der Waals surface area contributed by atoms with E-state index in [0.29, 0.717) is 0 Å². The number of hydrogen-bond donors (Lipinski definition) is 1. The van der Waals surface area contributed by atoms with Gasteiger partial charge in [0.2, 0.25) is 0 Å². The maximum absolute atomic E-state index is 13.2. The van der Waals surface area contributed by atoms with Crippen LogP contribution in [-0.2, 0) is 9.53 Å². The van der Waals surface area contributed by atoms with E-state index in [2.05, 4.69) is 5.32 Å². The lowest BCUT2D eigenvalue weighted by Crippen LogP contribution is -2.24. The predicted octanol–water partition coefficient (Wildman–Crippen LogP) is 4.19. The minimum absolute atomic E-state index is 0.0282. The zero-order chi connectivity index (χ0) is 23.0. The summed E-state index contributed by atoms with van der Waals surface area (Å²) in [5.74, 6) is -4.95. The van der Waals surface area contributed by atoms with Crippen LogP contribution in [0.25, 0.3) is 0 Å². The van der Waals surface area contributed by atoms with Gasteiger partial charge in [0, 0.05) is 28.4 Å². The molecule has 0 aliphatic heterocycles. The van der Waals surface area contributed by atoms with Crippen LogP contribution in [-0.4, -0.2) is 30.0 Å². The van der Waals surface area contributed by atoms with Gasteiger partial charge in [-0.3, -0.25) is 14.4 Å². The molecule has 9 heteroatoms. The highest BCUT2D eigenvalue weighted by molar-refractivity contribution is 6.41. The second-order valence-corrected chi connectivity index (χ2v) is 7.18. The number of carbonyl (C=O) groups excluding carboxylic acids is 4. The highest BCUT2D eigenvalue weighted by Crippen LogP contribution is 2.34. The molecule has 0 radical (unpaired) electrons. The van der Waals surface area contributed by atoms with Gasteiger partial charge in [-0.1, -0.05) is 35.9 Å². The summed E-state index contributed by atoms with van der Waals surface area (Å²) < 4.78 is 31.1. The number of esters is 1. The topological polar surface area (TPSA) is 89.5 Å². The van der Waals surface area contributed by atoms with E-state index in [1.165, 1.54) is 24.3 Å². The van der Waals surface area contributed by atoms with Gasteiger partial charge in [-0.2, -0.15) is 0 Å². The Hall–Kier alpha value is -3.91. The molecule has 0 unspecified atom stereocenters. The molecule has 1 amide bonds. The van der Waals surface area contributed by atoms with Crippen molar-refractivity contribution in [3.63, 3.8) is 0 Å². The molecular formula is C23H12ClF2NO5. The molecule has 6 nitrogen and oxygen atoms in total. The molecular weight excluding hydrogens is 444 g/mol. The van der Waals surface area contributed by atoms with Crippen LogP contribution in [0.4, 0.5) is 14.5 Å². The van der Waals surface area contributed by atoms with Crippen LogP contribution in [0.3, 0.4) is 0 Å². The number of rotatable bonds is 4. The van der Waals surface area contributed by atoms with Crippen molar-refractivity contribution in [3.05, 3.63) is 99.1 Å². The van der Waals surface area contributed by atoms with Crippen LogP contribution < -0.4 is 5.32 Å². The Bertz CT molecular complexity index is 1320. The zero-order valence-corrected chi connectivity index (χ0v) is 16.8. The molecule has 0 fully saturated rings. The molecule has 0 aromatic heterocycles. The van der Waals surface area contributed by atoms with Gasteiger partial charge >= 0.3 is 5.97 Å². The number of ketones is 2. The van der Waals surface area contributed by atoms with Crippen molar-refractivity contribution in [2.45, 2.75) is 0 Å². The first-order chi connectivity index (χ1) is 15.3. The molecule has 3 aromatic rings. The number of hydrogen-bond acceptors (Lipinski definition) is 5. The van der Waals surface area contributed by atoms with Crippen LogP contribution in [0.15, 0.2) is 54.6 Å². The average Bonchev–Trinajstić information content (AvgIpc) is 2.78. The molecule has 1 aliphatic carbocycles. The number of ether oxygens (including phenoxy) is 1. The van der Waals surface area contributed by atoms with Crippen LogP contribution >= 0.6 is 11.6 Å². The summed E-state index contributed by atoms with van der Waals surface area (Å²) in [7, 11) is 0. The highest BCUT2D eigenvalue weighted by Gasteiger charge is 2.33. The zero-order valence-electron chi connectivity index (χ0n) is 16.1. The number of fused-ring (bicyclic) bond motifs is 2. The minimum atomic E-state index is -1.15. The number of amides is 1. The molecule has 1 N–H and O–H groups in total. The van der Waals surface area contributed by atoms with E-state index >= 15 is 0 Å². The number of carbonyl (C=O) groups is 4. The standard InChI is InChI=1S/C23H12ClF2NO5/c24-20-15(23(31)32-10-18(28)27-11-5-8-16(25)17(26)9-11)7-6-14-19(20)22(30)13-4-2-1-3-12(13)21(14)29/h1-9H,10H2,(H,27,28). The van der Waals surface area contributed by atoms with Crippen LogP contribution in [0.5, 0.6) is 0 Å². The van der Waals surface area contributed by atoms with Crippen molar-refractivity contribution in [3.8, 4) is 0 Å². The Labute approximate surface area is 184 Å². The average molecular weight is 456 g/mol. The van der Waals surface area contributed by atoms with Crippen molar-refractivity contribution in [1.29, 1.82) is 0 Å². The lowest BCUT2D eigenvalue weighted by atomic mass is 9.83. The Kier molecular flexibility index (Phi) is 5.54. The maximum atomic E-state index is 13.2. The number of anilines is 1. The third-order valence-electron chi connectivity index (χ3n) is 4.79. The van der Waals surface area contributed by atoms with Crippen LogP contribution in [0.1, 0.15) is 42.2 Å². The molecule has 4 rings (SSSR count). The molecule has 32 heavy (non-hydrogen) atoms. The van der Waals surface area contributed by atoms with Gasteiger partial charge < -0.3 is 10.1 Å². The largest absolute Gasteiger partial charge is 0.452 e. The lowest BCUT2D eigenvalue weighted by molar-refractivity contribution is -0.119. The third kappa shape index (κ3) is 3.76. The van der Waals surface area contributed by atoms with E-state index in [9.17, 15) is 28.0 Å². The molecule has 3 aromatic carbocycles. The van der Waals surface area contributed by atoms with Gasteiger partial charge in [-0.05, 0) is 24.3 Å². The quantitative estimate of drug-likeness (QED) is 0.466. The maximum Gasteiger partial charge on any atom is 0.340 e. The van der Waals surface area contributed by atoms with Gasteiger partial charge in [-0.25, -0.2) is 13.6 Å².